The Morgan fingerprint density at radius 2 is 1.94 bits per heavy atom. The first-order chi connectivity index (χ1) is 7.63. The molecular formula is C9H12N2O5. The molecule has 1 atom stereocenters. The van der Waals surface area contributed by atoms with Gasteiger partial charge in [-0.2, -0.15) is 0 Å². The maximum atomic E-state index is 11.1. The number of aromatic nitrogens is 2. The number of carbonyl (C=O) groups excluding carboxylic acids is 1. The summed E-state index contributed by atoms with van der Waals surface area (Å²) in [6, 6.07) is 0. The van der Waals surface area contributed by atoms with Crippen molar-refractivity contribution in [1.82, 2.24) is 9.97 Å². The molecule has 0 aliphatic rings. The number of methoxy groups -OCH3 is 3. The number of aliphatic hydroxyl groups is 1. The van der Waals surface area contributed by atoms with E-state index in [4.69, 9.17) is 9.47 Å². The molecule has 88 valence electrons. The summed E-state index contributed by atoms with van der Waals surface area (Å²) >= 11 is 0. The number of carbonyl (C=O) groups is 1. The zero-order valence-electron chi connectivity index (χ0n) is 9.13. The van der Waals surface area contributed by atoms with E-state index in [2.05, 4.69) is 14.7 Å². The largest absolute Gasteiger partial charge is 0.477 e. The van der Waals surface area contributed by atoms with Crippen molar-refractivity contribution >= 4 is 5.97 Å². The summed E-state index contributed by atoms with van der Waals surface area (Å²) in [4.78, 5) is 18.8. The fourth-order valence-electron chi connectivity index (χ4n) is 1.01. The van der Waals surface area contributed by atoms with Crippen LogP contribution in [0.2, 0.25) is 0 Å². The molecule has 1 unspecified atom stereocenters. The first-order valence-corrected chi connectivity index (χ1v) is 4.34. The lowest BCUT2D eigenvalue weighted by Gasteiger charge is -2.10. The minimum absolute atomic E-state index is 0.0319. The molecule has 0 aliphatic heterocycles. The number of aliphatic hydroxyl groups excluding tert-OH is 1. The number of esters is 1. The number of hydrogen-bond donors (Lipinski definition) is 1. The van der Waals surface area contributed by atoms with Gasteiger partial charge >= 0.3 is 5.97 Å². The van der Waals surface area contributed by atoms with E-state index in [0.29, 0.717) is 0 Å². The van der Waals surface area contributed by atoms with E-state index in [9.17, 15) is 9.90 Å². The average molecular weight is 228 g/mol. The van der Waals surface area contributed by atoms with E-state index in [1.807, 2.05) is 0 Å². The maximum Gasteiger partial charge on any atom is 0.341 e. The Morgan fingerprint density at radius 1 is 1.31 bits per heavy atom. The molecule has 16 heavy (non-hydrogen) atoms. The molecule has 0 spiro atoms. The third kappa shape index (κ3) is 2.37. The van der Waals surface area contributed by atoms with Crippen molar-refractivity contribution in [3.63, 3.8) is 0 Å². The van der Waals surface area contributed by atoms with Crippen LogP contribution in [0, 0.1) is 0 Å². The minimum Gasteiger partial charge on any atom is -0.477 e. The van der Waals surface area contributed by atoms with E-state index in [1.165, 1.54) is 27.5 Å². The minimum atomic E-state index is -1.49. The third-order valence-electron chi connectivity index (χ3n) is 1.82. The highest BCUT2D eigenvalue weighted by Gasteiger charge is 2.22. The van der Waals surface area contributed by atoms with E-state index in [1.54, 1.807) is 0 Å². The van der Waals surface area contributed by atoms with Gasteiger partial charge in [-0.15, -0.1) is 0 Å². The molecule has 0 amide bonds. The second-order valence-electron chi connectivity index (χ2n) is 2.74. The number of ether oxygens (including phenoxy) is 3. The van der Waals surface area contributed by atoms with Crippen molar-refractivity contribution in [3.8, 4) is 11.8 Å². The summed E-state index contributed by atoms with van der Waals surface area (Å²) < 4.78 is 14.1. The van der Waals surface area contributed by atoms with Crippen molar-refractivity contribution in [3.05, 3.63) is 11.9 Å². The zero-order chi connectivity index (χ0) is 12.1. The van der Waals surface area contributed by atoms with Crippen molar-refractivity contribution < 1.29 is 24.1 Å². The molecule has 0 radical (unpaired) electrons. The number of rotatable bonds is 4. The van der Waals surface area contributed by atoms with Crippen LogP contribution in [0.15, 0.2) is 6.20 Å². The molecule has 0 aromatic carbocycles. The smallest absolute Gasteiger partial charge is 0.341 e. The predicted molar refractivity (Wildman–Crippen MR) is 52.1 cm³/mol. The molecule has 1 N–H and O–H groups in total. The first kappa shape index (κ1) is 12.2. The molecule has 1 aromatic rings. The van der Waals surface area contributed by atoms with E-state index in [0.717, 1.165) is 0 Å². The highest BCUT2D eigenvalue weighted by atomic mass is 16.5. The molecule has 0 bridgehead atoms. The highest BCUT2D eigenvalue weighted by molar-refractivity contribution is 5.75. The summed E-state index contributed by atoms with van der Waals surface area (Å²) in [5, 5.41) is 9.50. The number of nitrogens with zero attached hydrogens (tertiary/aromatic N) is 2. The molecule has 0 aliphatic carbocycles. The second kappa shape index (κ2) is 5.26. The van der Waals surface area contributed by atoms with E-state index >= 15 is 0 Å². The van der Waals surface area contributed by atoms with Gasteiger partial charge in [0.15, 0.2) is 6.10 Å². The van der Waals surface area contributed by atoms with Gasteiger partial charge < -0.3 is 19.3 Å². The van der Waals surface area contributed by atoms with Crippen LogP contribution >= 0.6 is 0 Å². The van der Waals surface area contributed by atoms with Gasteiger partial charge in [0.2, 0.25) is 0 Å². The Hall–Kier alpha value is -1.89. The Bertz CT molecular complexity index is 382. The maximum absolute atomic E-state index is 11.1. The van der Waals surface area contributed by atoms with Crippen LogP contribution in [0.3, 0.4) is 0 Å². The van der Waals surface area contributed by atoms with Crippen LogP contribution < -0.4 is 9.47 Å². The molecule has 1 heterocycles. The van der Waals surface area contributed by atoms with E-state index < -0.39 is 12.1 Å². The molecule has 0 fully saturated rings. The summed E-state index contributed by atoms with van der Waals surface area (Å²) in [6.07, 6.45) is -0.277. The van der Waals surface area contributed by atoms with Crippen LogP contribution in [-0.2, 0) is 9.53 Å². The Balaban J connectivity index is 3.03. The lowest BCUT2D eigenvalue weighted by atomic mass is 10.3. The standard InChI is InChI=1S/C9H12N2O5/c1-14-7-8(15-2)11-5(4-10-7)6(12)9(13)16-3/h4,6,12H,1-3H3. The Morgan fingerprint density at radius 3 is 2.44 bits per heavy atom. The van der Waals surface area contributed by atoms with Crippen LogP contribution in [0.4, 0.5) is 0 Å². The Kier molecular flexibility index (Phi) is 4.01. The molecule has 7 nitrogen and oxygen atoms in total. The van der Waals surface area contributed by atoms with Gasteiger partial charge in [-0.1, -0.05) is 0 Å². The predicted octanol–water partition coefficient (Wildman–Crippen LogP) is -0.300. The van der Waals surface area contributed by atoms with Crippen molar-refractivity contribution in [2.75, 3.05) is 21.3 Å². The lowest BCUT2D eigenvalue weighted by molar-refractivity contribution is -0.150. The topological polar surface area (TPSA) is 90.8 Å². The fraction of sp³-hybridized carbons (Fsp3) is 0.444. The summed E-state index contributed by atoms with van der Waals surface area (Å²) in [7, 11) is 3.95. The lowest BCUT2D eigenvalue weighted by Crippen LogP contribution is -2.15. The van der Waals surface area contributed by atoms with Gasteiger partial charge in [0.05, 0.1) is 27.5 Å². The van der Waals surface area contributed by atoms with Crippen molar-refractivity contribution in [2.45, 2.75) is 6.10 Å². The second-order valence-corrected chi connectivity index (χ2v) is 2.74. The van der Waals surface area contributed by atoms with Gasteiger partial charge in [0.25, 0.3) is 11.8 Å². The Labute approximate surface area is 92.0 Å². The van der Waals surface area contributed by atoms with Gasteiger partial charge in [-0.05, 0) is 0 Å². The SMILES string of the molecule is COC(=O)C(O)c1cnc(OC)c(OC)n1. The zero-order valence-corrected chi connectivity index (χ0v) is 9.13. The quantitative estimate of drug-likeness (QED) is 0.707. The van der Waals surface area contributed by atoms with Gasteiger partial charge in [0, 0.05) is 0 Å². The van der Waals surface area contributed by atoms with Gasteiger partial charge in [-0.25, -0.2) is 14.8 Å². The highest BCUT2D eigenvalue weighted by Crippen LogP contribution is 2.23. The molecule has 7 heteroatoms. The van der Waals surface area contributed by atoms with Gasteiger partial charge in [-0.3, -0.25) is 0 Å². The van der Waals surface area contributed by atoms with Crippen LogP contribution in [0.5, 0.6) is 11.8 Å². The molecule has 1 aromatic heterocycles. The molecule has 0 saturated heterocycles. The molecule has 0 saturated carbocycles. The average Bonchev–Trinajstić information content (AvgIpc) is 2.35. The monoisotopic (exact) mass is 228 g/mol. The third-order valence-corrected chi connectivity index (χ3v) is 1.82. The summed E-state index contributed by atoms with van der Waals surface area (Å²) in [5.74, 6) is -0.562. The van der Waals surface area contributed by atoms with Crippen LogP contribution in [-0.4, -0.2) is 42.4 Å². The van der Waals surface area contributed by atoms with Crippen LogP contribution in [0.25, 0.3) is 0 Å². The normalized spacial score (nSPS) is 11.8. The van der Waals surface area contributed by atoms with Gasteiger partial charge in [0.1, 0.15) is 5.69 Å². The molecular weight excluding hydrogens is 216 g/mol. The van der Waals surface area contributed by atoms with Crippen molar-refractivity contribution in [2.24, 2.45) is 0 Å². The summed E-state index contributed by atoms with van der Waals surface area (Å²) in [5.41, 5.74) is 0.0319. The molecule has 1 rings (SSSR count). The first-order valence-electron chi connectivity index (χ1n) is 4.34. The van der Waals surface area contributed by atoms with Crippen molar-refractivity contribution in [1.29, 1.82) is 0 Å². The fourth-order valence-corrected chi connectivity index (χ4v) is 1.01. The van der Waals surface area contributed by atoms with Crippen LogP contribution in [0.1, 0.15) is 11.8 Å². The summed E-state index contributed by atoms with van der Waals surface area (Å²) in [6.45, 7) is 0. The van der Waals surface area contributed by atoms with E-state index in [-0.39, 0.29) is 17.5 Å². The number of hydrogen-bond acceptors (Lipinski definition) is 7.